The van der Waals surface area contributed by atoms with E-state index in [-0.39, 0.29) is 0 Å². The molecule has 0 saturated carbocycles. The van der Waals surface area contributed by atoms with Crippen LogP contribution in [0.2, 0.25) is 0 Å². The number of aromatic nitrogens is 3. The van der Waals surface area contributed by atoms with Crippen LogP contribution >= 0.6 is 11.3 Å². The van der Waals surface area contributed by atoms with Gasteiger partial charge in [0.25, 0.3) is 0 Å². The molecule has 0 radical (unpaired) electrons. The Bertz CT molecular complexity index is 3300. The van der Waals surface area contributed by atoms with E-state index >= 15 is 0 Å². The molecule has 0 atom stereocenters. The maximum absolute atomic E-state index is 6.83. The van der Waals surface area contributed by atoms with Gasteiger partial charge >= 0.3 is 0 Å². The number of nitrogens with zero attached hydrogens (tertiary/aromatic N) is 3. The minimum absolute atomic E-state index is 0.618. The van der Waals surface area contributed by atoms with Crippen molar-refractivity contribution < 1.29 is 4.42 Å². The first-order valence-corrected chi connectivity index (χ1v) is 20.0. The Morgan fingerprint density at radius 3 is 2.02 bits per heavy atom. The van der Waals surface area contributed by atoms with Gasteiger partial charge in [-0.2, -0.15) is 0 Å². The van der Waals surface area contributed by atoms with Gasteiger partial charge in [0.15, 0.2) is 0 Å². The summed E-state index contributed by atoms with van der Waals surface area (Å²) >= 11 is 1.88. The first-order chi connectivity index (χ1) is 28.3. The molecule has 0 amide bonds. The largest absolute Gasteiger partial charge is 0.437 e. The molecule has 6 aromatic carbocycles. The second-order valence-corrected chi connectivity index (χ2v) is 15.8. The van der Waals surface area contributed by atoms with Crippen molar-refractivity contribution in [2.24, 2.45) is 0 Å². The maximum atomic E-state index is 6.83. The van der Waals surface area contributed by atoms with Crippen LogP contribution in [0.3, 0.4) is 0 Å². The number of thiophene rings is 1. The first-order valence-electron chi connectivity index (χ1n) is 19.2. The summed E-state index contributed by atoms with van der Waals surface area (Å²) in [5, 5.41) is 4.63. The van der Waals surface area contributed by atoms with Gasteiger partial charge in [-0.25, -0.2) is 4.98 Å². The fourth-order valence-electron chi connectivity index (χ4n) is 9.34. The lowest BCUT2D eigenvalue weighted by atomic mass is 9.67. The van der Waals surface area contributed by atoms with E-state index in [1.165, 1.54) is 59.1 Å². The average molecular weight is 746 g/mol. The quantitative estimate of drug-likeness (QED) is 0.176. The van der Waals surface area contributed by atoms with Gasteiger partial charge in [0.2, 0.25) is 5.71 Å². The Balaban J connectivity index is 1.18. The Morgan fingerprint density at radius 1 is 0.491 bits per heavy atom. The van der Waals surface area contributed by atoms with E-state index in [2.05, 4.69) is 161 Å². The molecule has 4 nitrogen and oxygen atoms in total. The van der Waals surface area contributed by atoms with E-state index < -0.39 is 5.41 Å². The lowest BCUT2D eigenvalue weighted by Crippen LogP contribution is -2.28. The topological polar surface area (TPSA) is 51.8 Å². The number of fused-ring (bicyclic) bond motifs is 11. The second kappa shape index (κ2) is 12.4. The number of pyridine rings is 3. The summed E-state index contributed by atoms with van der Waals surface area (Å²) in [6.45, 7) is 0. The van der Waals surface area contributed by atoms with Gasteiger partial charge < -0.3 is 4.42 Å². The third-order valence-electron chi connectivity index (χ3n) is 11.8. The predicted molar refractivity (Wildman–Crippen MR) is 234 cm³/mol. The van der Waals surface area contributed by atoms with Crippen LogP contribution in [0.4, 0.5) is 0 Å². The van der Waals surface area contributed by atoms with Gasteiger partial charge in [-0.1, -0.05) is 115 Å². The highest BCUT2D eigenvalue weighted by Gasteiger charge is 2.49. The second-order valence-electron chi connectivity index (χ2n) is 14.7. The van der Waals surface area contributed by atoms with Gasteiger partial charge in [0.1, 0.15) is 5.58 Å². The SMILES string of the molecule is c1ccc(C2(c3ccccc3)c3ccc4c(oc5ncccc54)c3-c3c2cc(-c2ccc(-c4ccnc(-c5cccnc5)c4)cc2)c2c3sc3ccccc32)cc1. The molecule has 5 aromatic heterocycles. The summed E-state index contributed by atoms with van der Waals surface area (Å²) in [4.78, 5) is 13.7. The molecule has 1 aliphatic carbocycles. The molecular formula is C52H31N3OS. The van der Waals surface area contributed by atoms with E-state index in [0.29, 0.717) is 5.71 Å². The summed E-state index contributed by atoms with van der Waals surface area (Å²) in [5.41, 5.74) is 14.7. The molecule has 5 heterocycles. The zero-order valence-electron chi connectivity index (χ0n) is 30.6. The fourth-order valence-corrected chi connectivity index (χ4v) is 10.6. The van der Waals surface area contributed by atoms with Gasteiger partial charge in [0, 0.05) is 72.4 Å². The van der Waals surface area contributed by atoms with E-state index in [9.17, 15) is 0 Å². The smallest absolute Gasteiger partial charge is 0.227 e. The molecule has 0 bridgehead atoms. The van der Waals surface area contributed by atoms with Gasteiger partial charge in [-0.05, 0) is 93.0 Å². The van der Waals surface area contributed by atoms with E-state index in [4.69, 9.17) is 4.42 Å². The summed E-state index contributed by atoms with van der Waals surface area (Å²) in [7, 11) is 0. The molecule has 0 fully saturated rings. The third kappa shape index (κ3) is 4.64. The number of hydrogen-bond acceptors (Lipinski definition) is 5. The average Bonchev–Trinajstić information content (AvgIpc) is 3.96. The molecule has 12 rings (SSSR count). The minimum Gasteiger partial charge on any atom is -0.437 e. The number of furan rings is 1. The van der Waals surface area contributed by atoms with Crippen LogP contribution in [0.25, 0.3) is 86.9 Å². The number of hydrogen-bond donors (Lipinski definition) is 0. The molecule has 0 aliphatic heterocycles. The van der Waals surface area contributed by atoms with Crippen LogP contribution < -0.4 is 0 Å². The van der Waals surface area contributed by atoms with Crippen molar-refractivity contribution in [3.8, 4) is 44.6 Å². The Labute approximate surface area is 332 Å². The number of rotatable bonds is 5. The van der Waals surface area contributed by atoms with Crippen molar-refractivity contribution in [1.29, 1.82) is 0 Å². The van der Waals surface area contributed by atoms with Crippen molar-refractivity contribution in [2.75, 3.05) is 0 Å². The molecule has 0 saturated heterocycles. The van der Waals surface area contributed by atoms with Crippen molar-refractivity contribution in [1.82, 2.24) is 15.0 Å². The molecular weight excluding hydrogens is 715 g/mol. The van der Waals surface area contributed by atoms with Crippen LogP contribution in [-0.4, -0.2) is 15.0 Å². The van der Waals surface area contributed by atoms with Crippen LogP contribution in [0.5, 0.6) is 0 Å². The molecule has 0 unspecified atom stereocenters. The summed E-state index contributed by atoms with van der Waals surface area (Å²) in [6, 6.07) is 59.3. The molecule has 57 heavy (non-hydrogen) atoms. The predicted octanol–water partition coefficient (Wildman–Crippen LogP) is 13.5. The van der Waals surface area contributed by atoms with Crippen LogP contribution in [-0.2, 0) is 5.41 Å². The molecule has 1 aliphatic rings. The van der Waals surface area contributed by atoms with E-state index in [0.717, 1.165) is 44.3 Å². The third-order valence-corrected chi connectivity index (χ3v) is 13.0. The number of benzene rings is 6. The van der Waals surface area contributed by atoms with Crippen LogP contribution in [0.1, 0.15) is 22.3 Å². The lowest BCUT2D eigenvalue weighted by Gasteiger charge is -2.34. The normalized spacial score (nSPS) is 13.1. The highest BCUT2D eigenvalue weighted by Crippen LogP contribution is 2.62. The molecule has 0 spiro atoms. The van der Waals surface area contributed by atoms with Crippen LogP contribution in [0, 0.1) is 0 Å². The standard InChI is InChI=1S/C52H31N3OS/c1-3-12-36(13-4-1)52(37-14-5-2-6-15-37)42-24-23-38-39-17-10-27-55-51(39)56-49(38)47(42)48-43(52)30-41(46-40-16-7-8-18-45(40)57-50(46)48)33-21-19-32(20-22-33)34-25-28-54-44(29-34)35-11-9-26-53-31-35/h1-31H. The van der Waals surface area contributed by atoms with Crippen molar-refractivity contribution in [3.63, 3.8) is 0 Å². The minimum atomic E-state index is -0.618. The summed E-state index contributed by atoms with van der Waals surface area (Å²) < 4.78 is 9.36. The van der Waals surface area contributed by atoms with Gasteiger partial charge in [-0.3, -0.25) is 9.97 Å². The van der Waals surface area contributed by atoms with E-state index in [1.54, 1.807) is 6.20 Å². The van der Waals surface area contributed by atoms with Crippen molar-refractivity contribution in [2.45, 2.75) is 5.41 Å². The highest BCUT2D eigenvalue weighted by atomic mass is 32.1. The lowest BCUT2D eigenvalue weighted by molar-refractivity contribution is 0.654. The molecule has 0 N–H and O–H groups in total. The zero-order chi connectivity index (χ0) is 37.5. The summed E-state index contributed by atoms with van der Waals surface area (Å²) in [5.74, 6) is 0. The highest BCUT2D eigenvalue weighted by molar-refractivity contribution is 7.26. The first kappa shape index (κ1) is 32.1. The summed E-state index contributed by atoms with van der Waals surface area (Å²) in [6.07, 6.45) is 7.34. The maximum Gasteiger partial charge on any atom is 0.227 e. The monoisotopic (exact) mass is 745 g/mol. The Hall–Kier alpha value is -7.21. The fraction of sp³-hybridized carbons (Fsp3) is 0.0192. The van der Waals surface area contributed by atoms with E-state index in [1.807, 2.05) is 48.1 Å². The van der Waals surface area contributed by atoms with Crippen molar-refractivity contribution >= 4 is 53.6 Å². The van der Waals surface area contributed by atoms with Crippen LogP contribution in [0.15, 0.2) is 193 Å². The van der Waals surface area contributed by atoms with Gasteiger partial charge in [-0.15, -0.1) is 11.3 Å². The zero-order valence-corrected chi connectivity index (χ0v) is 31.4. The Kier molecular flexibility index (Phi) is 6.98. The molecule has 266 valence electrons. The Morgan fingerprint density at radius 2 is 1.23 bits per heavy atom. The van der Waals surface area contributed by atoms with Crippen molar-refractivity contribution in [3.05, 3.63) is 211 Å². The molecule has 5 heteroatoms. The molecule has 11 aromatic rings. The van der Waals surface area contributed by atoms with Gasteiger partial charge in [0.05, 0.1) is 11.1 Å².